The van der Waals surface area contributed by atoms with Crippen molar-refractivity contribution in [1.82, 2.24) is 25.2 Å². The zero-order valence-electron chi connectivity index (χ0n) is 32.6. The van der Waals surface area contributed by atoms with E-state index < -0.39 is 86.4 Å². The van der Waals surface area contributed by atoms with E-state index >= 15 is 0 Å². The van der Waals surface area contributed by atoms with Gasteiger partial charge in [0.25, 0.3) is 5.91 Å². The Bertz CT molecular complexity index is 2020. The van der Waals surface area contributed by atoms with E-state index in [0.29, 0.717) is 69.1 Å². The molecule has 312 valence electrons. The number of alkyl halides is 3. The number of sulfonamides is 1. The molecule has 2 aliphatic carbocycles. The fraction of sp³-hybridized carbons (Fsp3) is 0.615. The molecule has 6 rings (SSSR count). The maximum absolute atomic E-state index is 14.7. The Kier molecular flexibility index (Phi) is 11.8. The van der Waals surface area contributed by atoms with Gasteiger partial charge in [-0.1, -0.05) is 44.2 Å². The van der Waals surface area contributed by atoms with Gasteiger partial charge < -0.3 is 29.7 Å². The molecule has 0 spiro atoms. The van der Waals surface area contributed by atoms with Crippen molar-refractivity contribution in [2.24, 2.45) is 17.8 Å². The highest BCUT2D eigenvalue weighted by atomic mass is 32.2. The third-order valence-corrected chi connectivity index (χ3v) is 13.0. The molecule has 57 heavy (non-hydrogen) atoms. The highest BCUT2D eigenvalue weighted by Gasteiger charge is 2.62. The smallest absolute Gasteiger partial charge is 0.427 e. The number of aromatic nitrogens is 1. The summed E-state index contributed by atoms with van der Waals surface area (Å²) in [4.78, 5) is 61.7. The van der Waals surface area contributed by atoms with Gasteiger partial charge in [0.05, 0.1) is 24.6 Å². The number of amides is 4. The highest BCUT2D eigenvalue weighted by Crippen LogP contribution is 2.46. The number of carbonyl (C=O) groups is 4. The van der Waals surface area contributed by atoms with Gasteiger partial charge in [-0.25, -0.2) is 18.2 Å². The van der Waals surface area contributed by atoms with Gasteiger partial charge in [0.1, 0.15) is 29.5 Å². The highest BCUT2D eigenvalue weighted by molar-refractivity contribution is 7.91. The molecule has 1 aromatic carbocycles. The average Bonchev–Trinajstić information content (AvgIpc) is 4.06. The van der Waals surface area contributed by atoms with Crippen LogP contribution < -0.4 is 24.8 Å². The Morgan fingerprint density at radius 2 is 1.77 bits per heavy atom. The minimum atomic E-state index is -4.91. The summed E-state index contributed by atoms with van der Waals surface area (Å²) in [5.41, 5.74) is -4.51. The number of alkyl carbamates (subject to hydrolysis) is 1. The molecule has 4 amide bonds. The van der Waals surface area contributed by atoms with E-state index in [4.69, 9.17) is 14.2 Å². The maximum Gasteiger partial charge on any atom is 0.427 e. The molecule has 4 aliphatic rings. The molecular weight excluding hydrogens is 772 g/mol. The normalized spacial score (nSPS) is 29.2. The molecule has 18 heteroatoms. The minimum absolute atomic E-state index is 0.0327. The lowest BCUT2D eigenvalue weighted by Crippen LogP contribution is -2.59. The van der Waals surface area contributed by atoms with E-state index in [1.807, 2.05) is 32.1 Å². The Labute approximate surface area is 329 Å². The standard InChI is InChI=1S/C39H50F3N5O9S/c1-6-54-30-20-43-33(28-14-10-9-13-27(28)30)55-25-18-29-32(48)45-38(35(50)46-57(52,53)26-15-16-26)19-24(38)12-8-7-11-22(2)17-23(3)31(34(49)47(29)21-25)44-36(51)56-37(4,5)39(40,41)42/h8-10,12-14,20,22-26,29,31H,6-7,11,15-19,21H2,1-5H3,(H,44,51)(H,45,48)(H,46,50)/b12-8-/t22-,23+,24+,25+,29-,31-,38+/m0/s1. The van der Waals surface area contributed by atoms with Crippen molar-refractivity contribution in [3.8, 4) is 11.6 Å². The van der Waals surface area contributed by atoms with Crippen molar-refractivity contribution in [2.45, 2.75) is 120 Å². The first-order valence-electron chi connectivity index (χ1n) is 19.3. The summed E-state index contributed by atoms with van der Waals surface area (Å²) in [6.07, 6.45) is 0.274. The molecule has 3 fully saturated rings. The first-order chi connectivity index (χ1) is 26.8. The van der Waals surface area contributed by atoms with E-state index in [1.165, 1.54) is 11.1 Å². The lowest BCUT2D eigenvalue weighted by molar-refractivity contribution is -0.244. The van der Waals surface area contributed by atoms with Crippen LogP contribution in [0.15, 0.2) is 42.6 Å². The van der Waals surface area contributed by atoms with Crippen LogP contribution in [0.2, 0.25) is 0 Å². The van der Waals surface area contributed by atoms with Crippen LogP contribution in [-0.2, 0) is 29.1 Å². The fourth-order valence-electron chi connectivity index (χ4n) is 7.61. The van der Waals surface area contributed by atoms with E-state index in [-0.39, 0.29) is 31.2 Å². The van der Waals surface area contributed by atoms with Gasteiger partial charge in [-0.2, -0.15) is 13.2 Å². The molecule has 1 saturated heterocycles. The number of hydrogen-bond donors (Lipinski definition) is 3. The van der Waals surface area contributed by atoms with Crippen LogP contribution in [0.3, 0.4) is 0 Å². The van der Waals surface area contributed by atoms with Crippen molar-refractivity contribution in [1.29, 1.82) is 0 Å². The summed E-state index contributed by atoms with van der Waals surface area (Å²) in [5.74, 6) is -2.92. The van der Waals surface area contributed by atoms with Crippen LogP contribution in [0, 0.1) is 17.8 Å². The number of hydrogen-bond acceptors (Lipinski definition) is 10. The van der Waals surface area contributed by atoms with E-state index in [9.17, 15) is 40.8 Å². The van der Waals surface area contributed by atoms with Crippen LogP contribution in [0.25, 0.3) is 10.8 Å². The number of nitrogens with zero attached hydrogens (tertiary/aromatic N) is 2. The molecule has 2 aliphatic heterocycles. The third-order valence-electron chi connectivity index (χ3n) is 11.2. The predicted molar refractivity (Wildman–Crippen MR) is 201 cm³/mol. The summed E-state index contributed by atoms with van der Waals surface area (Å²) in [6.45, 7) is 7.03. The van der Waals surface area contributed by atoms with Crippen molar-refractivity contribution < 1.29 is 55.0 Å². The molecule has 7 atom stereocenters. The SMILES string of the molecule is CCOc1cnc(O[C@@H]2C[C@H]3C(=O)N[C@]4(C(=O)NS(=O)(=O)C5CC5)C[C@H]4/C=C\CC[C@H](C)C[C@@H](C)[C@H](NC(=O)OC(C)(C)C(F)(F)F)C(=O)N3C2)c2ccccc12. The van der Waals surface area contributed by atoms with Crippen molar-refractivity contribution >= 4 is 44.6 Å². The molecule has 3 N–H and O–H groups in total. The molecule has 2 aromatic rings. The number of rotatable bonds is 9. The van der Waals surface area contributed by atoms with E-state index in [2.05, 4.69) is 20.3 Å². The summed E-state index contributed by atoms with van der Waals surface area (Å²) < 4.78 is 86.0. The largest absolute Gasteiger partial charge is 0.492 e. The molecule has 14 nitrogen and oxygen atoms in total. The van der Waals surface area contributed by atoms with E-state index in [0.717, 1.165) is 0 Å². The molecular formula is C39H50F3N5O9S. The Hall–Kier alpha value is -4.61. The number of pyridine rings is 1. The maximum atomic E-state index is 14.7. The van der Waals surface area contributed by atoms with Crippen molar-refractivity contribution in [2.75, 3.05) is 13.2 Å². The monoisotopic (exact) mass is 821 g/mol. The second-order valence-corrected chi connectivity index (χ2v) is 18.1. The second kappa shape index (κ2) is 16.0. The lowest BCUT2D eigenvalue weighted by atomic mass is 9.88. The number of carbonyl (C=O) groups excluding carboxylic acids is 4. The number of allylic oxidation sites excluding steroid dienone is 1. The molecule has 3 heterocycles. The van der Waals surface area contributed by atoms with Crippen LogP contribution >= 0.6 is 0 Å². The van der Waals surface area contributed by atoms with Gasteiger partial charge in [0.2, 0.25) is 33.3 Å². The lowest BCUT2D eigenvalue weighted by Gasteiger charge is -2.34. The van der Waals surface area contributed by atoms with Crippen molar-refractivity contribution in [3.05, 3.63) is 42.6 Å². The van der Waals surface area contributed by atoms with Crippen LogP contribution in [0.5, 0.6) is 11.6 Å². The number of ether oxygens (including phenoxy) is 3. The van der Waals surface area contributed by atoms with Crippen molar-refractivity contribution in [3.63, 3.8) is 0 Å². The summed E-state index contributed by atoms with van der Waals surface area (Å²) >= 11 is 0. The summed E-state index contributed by atoms with van der Waals surface area (Å²) in [7, 11) is -3.98. The average molecular weight is 822 g/mol. The third kappa shape index (κ3) is 9.10. The first-order valence-corrected chi connectivity index (χ1v) is 20.9. The Morgan fingerprint density at radius 3 is 2.44 bits per heavy atom. The number of fused-ring (bicyclic) bond motifs is 3. The minimum Gasteiger partial charge on any atom is -0.492 e. The fourth-order valence-corrected chi connectivity index (χ4v) is 8.97. The predicted octanol–water partition coefficient (Wildman–Crippen LogP) is 4.91. The van der Waals surface area contributed by atoms with Gasteiger partial charge in [-0.15, -0.1) is 0 Å². The molecule has 0 unspecified atom stereocenters. The number of halogens is 3. The molecule has 2 saturated carbocycles. The molecule has 0 radical (unpaired) electrons. The van der Waals surface area contributed by atoms with Gasteiger partial charge >= 0.3 is 12.3 Å². The number of nitrogens with one attached hydrogen (secondary N) is 3. The zero-order valence-corrected chi connectivity index (χ0v) is 33.4. The van der Waals surface area contributed by atoms with Gasteiger partial charge in [0, 0.05) is 23.1 Å². The van der Waals surface area contributed by atoms with E-state index in [1.54, 1.807) is 25.1 Å². The summed E-state index contributed by atoms with van der Waals surface area (Å²) in [5, 5.41) is 5.78. The first kappa shape index (κ1) is 42.0. The van der Waals surface area contributed by atoms with Crippen LogP contribution in [0.4, 0.5) is 18.0 Å². The Morgan fingerprint density at radius 1 is 1.07 bits per heavy atom. The second-order valence-electron chi connectivity index (χ2n) is 16.2. The zero-order chi connectivity index (χ0) is 41.5. The quantitative estimate of drug-likeness (QED) is 0.294. The van der Waals surface area contributed by atoms with Gasteiger partial charge in [-0.3, -0.25) is 19.1 Å². The van der Waals surface area contributed by atoms with Gasteiger partial charge in [-0.05, 0) is 77.2 Å². The van der Waals surface area contributed by atoms with Crippen LogP contribution in [0.1, 0.15) is 79.6 Å². The summed E-state index contributed by atoms with van der Waals surface area (Å²) in [6, 6.07) is 4.47. The number of benzene rings is 1. The van der Waals surface area contributed by atoms with Crippen LogP contribution in [-0.4, -0.2) is 96.0 Å². The van der Waals surface area contributed by atoms with Gasteiger partial charge in [0.15, 0.2) is 0 Å². The topological polar surface area (TPSA) is 182 Å². The Balaban J connectivity index is 1.35. The molecule has 0 bridgehead atoms. The molecule has 1 aromatic heterocycles.